The molecule has 154 valence electrons. The highest BCUT2D eigenvalue weighted by atomic mass is 16.5. The number of carbonyl (C=O) groups is 1. The summed E-state index contributed by atoms with van der Waals surface area (Å²) >= 11 is 0. The quantitative estimate of drug-likeness (QED) is 0.778. The van der Waals surface area contributed by atoms with Gasteiger partial charge in [0.05, 0.1) is 20.3 Å². The minimum atomic E-state index is 0.0583. The van der Waals surface area contributed by atoms with E-state index in [1.54, 1.807) is 7.11 Å². The molecule has 0 unspecified atom stereocenters. The number of piperazine rings is 1. The highest BCUT2D eigenvalue weighted by molar-refractivity contribution is 5.78. The summed E-state index contributed by atoms with van der Waals surface area (Å²) in [6.07, 6.45) is 1.01. The Hall–Kier alpha value is -2.57. The van der Waals surface area contributed by atoms with Gasteiger partial charge in [-0.25, -0.2) is 0 Å². The molecule has 4 rings (SSSR count). The third-order valence-corrected chi connectivity index (χ3v) is 5.66. The molecule has 0 aliphatic carbocycles. The van der Waals surface area contributed by atoms with E-state index in [4.69, 9.17) is 9.47 Å². The van der Waals surface area contributed by atoms with Crippen LogP contribution < -0.4 is 14.8 Å². The number of carbonyl (C=O) groups excluding carboxylic acids is 1. The normalized spacial score (nSPS) is 16.9. The van der Waals surface area contributed by atoms with Crippen molar-refractivity contribution in [2.75, 3.05) is 46.4 Å². The highest BCUT2D eigenvalue weighted by Crippen LogP contribution is 2.26. The van der Waals surface area contributed by atoms with E-state index in [1.807, 2.05) is 24.3 Å². The molecule has 2 heterocycles. The lowest BCUT2D eigenvalue weighted by atomic mass is 10.1. The molecule has 1 amide bonds. The molecule has 0 radical (unpaired) electrons. The maximum absolute atomic E-state index is 12.3. The molecular weight excluding hydrogens is 366 g/mol. The summed E-state index contributed by atoms with van der Waals surface area (Å²) in [6.45, 7) is 6.48. The molecule has 2 aromatic carbocycles. The Morgan fingerprint density at radius 3 is 2.72 bits per heavy atom. The summed E-state index contributed by atoms with van der Waals surface area (Å²) in [5, 5.41) is 3.01. The van der Waals surface area contributed by atoms with E-state index in [2.05, 4.69) is 33.3 Å². The van der Waals surface area contributed by atoms with Crippen LogP contribution in [0.25, 0.3) is 0 Å². The van der Waals surface area contributed by atoms with Crippen LogP contribution in [0.15, 0.2) is 42.5 Å². The topological polar surface area (TPSA) is 54.0 Å². The summed E-state index contributed by atoms with van der Waals surface area (Å²) < 4.78 is 10.9. The highest BCUT2D eigenvalue weighted by Gasteiger charge is 2.20. The molecule has 29 heavy (non-hydrogen) atoms. The minimum absolute atomic E-state index is 0.0583. The molecule has 0 aromatic heterocycles. The van der Waals surface area contributed by atoms with Gasteiger partial charge in [-0.2, -0.15) is 0 Å². The second-order valence-corrected chi connectivity index (χ2v) is 7.68. The number of hydrogen-bond acceptors (Lipinski definition) is 5. The Balaban J connectivity index is 1.20. The Labute approximate surface area is 172 Å². The fraction of sp³-hybridized carbons (Fsp3) is 0.435. The average Bonchev–Trinajstić information content (AvgIpc) is 3.22. The van der Waals surface area contributed by atoms with Crippen LogP contribution in [0, 0.1) is 0 Å². The zero-order chi connectivity index (χ0) is 20.1. The largest absolute Gasteiger partial charge is 0.496 e. The van der Waals surface area contributed by atoms with Crippen molar-refractivity contribution < 1.29 is 14.3 Å². The molecule has 1 fully saturated rings. The molecule has 6 nitrogen and oxygen atoms in total. The van der Waals surface area contributed by atoms with Crippen molar-refractivity contribution in [3.8, 4) is 11.5 Å². The van der Waals surface area contributed by atoms with Crippen molar-refractivity contribution in [3.05, 3.63) is 59.2 Å². The van der Waals surface area contributed by atoms with Crippen LogP contribution in [0.3, 0.4) is 0 Å². The van der Waals surface area contributed by atoms with Crippen molar-refractivity contribution in [1.82, 2.24) is 15.1 Å². The van der Waals surface area contributed by atoms with Gasteiger partial charge in [-0.05, 0) is 23.3 Å². The Bertz CT molecular complexity index is 847. The zero-order valence-electron chi connectivity index (χ0n) is 17.0. The number of nitrogens with one attached hydrogen (secondary N) is 1. The number of rotatable bonds is 7. The molecule has 0 saturated carbocycles. The number of para-hydroxylation sites is 1. The number of amides is 1. The maximum atomic E-state index is 12.3. The average molecular weight is 396 g/mol. The number of methoxy groups -OCH3 is 1. The van der Waals surface area contributed by atoms with Gasteiger partial charge >= 0.3 is 0 Å². The van der Waals surface area contributed by atoms with Crippen LogP contribution >= 0.6 is 0 Å². The summed E-state index contributed by atoms with van der Waals surface area (Å²) in [4.78, 5) is 17.0. The number of fused-ring (bicyclic) bond motifs is 1. The van der Waals surface area contributed by atoms with Gasteiger partial charge in [0.15, 0.2) is 0 Å². The smallest absolute Gasteiger partial charge is 0.234 e. The first-order valence-electron chi connectivity index (χ1n) is 10.3. The van der Waals surface area contributed by atoms with Crippen LogP contribution in [0.2, 0.25) is 0 Å². The molecule has 1 N–H and O–H groups in total. The SMILES string of the molecule is COc1ccccc1CNC(=O)CN1CCN(Cc2ccc3c(c2)CCO3)CC1. The number of nitrogens with zero attached hydrogens (tertiary/aromatic N) is 2. The van der Waals surface area contributed by atoms with E-state index in [0.29, 0.717) is 13.1 Å². The Kier molecular flexibility index (Phi) is 6.32. The van der Waals surface area contributed by atoms with E-state index in [9.17, 15) is 4.79 Å². The first-order chi connectivity index (χ1) is 14.2. The lowest BCUT2D eigenvalue weighted by Crippen LogP contribution is -2.49. The zero-order valence-corrected chi connectivity index (χ0v) is 17.0. The third-order valence-electron chi connectivity index (χ3n) is 5.66. The van der Waals surface area contributed by atoms with Crippen molar-refractivity contribution in [1.29, 1.82) is 0 Å². The van der Waals surface area contributed by atoms with Crippen LogP contribution in [-0.2, 0) is 24.3 Å². The monoisotopic (exact) mass is 395 g/mol. The summed E-state index contributed by atoms with van der Waals surface area (Å²) in [5.74, 6) is 1.90. The number of ether oxygens (including phenoxy) is 2. The maximum Gasteiger partial charge on any atom is 0.234 e. The molecule has 0 atom stereocenters. The molecule has 2 aliphatic rings. The fourth-order valence-corrected chi connectivity index (χ4v) is 4.00. The second kappa shape index (κ2) is 9.29. The van der Waals surface area contributed by atoms with E-state index >= 15 is 0 Å². The summed E-state index contributed by atoms with van der Waals surface area (Å²) in [5.41, 5.74) is 3.66. The van der Waals surface area contributed by atoms with E-state index in [-0.39, 0.29) is 5.91 Å². The second-order valence-electron chi connectivity index (χ2n) is 7.68. The first kappa shape index (κ1) is 19.7. The summed E-state index contributed by atoms with van der Waals surface area (Å²) in [7, 11) is 1.65. The van der Waals surface area contributed by atoms with Gasteiger partial charge < -0.3 is 14.8 Å². The van der Waals surface area contributed by atoms with Gasteiger partial charge in [-0.15, -0.1) is 0 Å². The standard InChI is InChI=1S/C23H29N3O3/c1-28-21-5-3-2-4-20(21)15-24-23(27)17-26-11-9-25(10-12-26)16-18-6-7-22-19(14-18)8-13-29-22/h2-7,14H,8-13,15-17H2,1H3,(H,24,27). The van der Waals surface area contributed by atoms with Gasteiger partial charge in [-0.1, -0.05) is 30.3 Å². The Morgan fingerprint density at radius 1 is 1.10 bits per heavy atom. The third kappa shape index (κ3) is 5.08. The summed E-state index contributed by atoms with van der Waals surface area (Å²) in [6, 6.07) is 14.3. The van der Waals surface area contributed by atoms with Crippen LogP contribution in [0.5, 0.6) is 11.5 Å². The predicted octanol–water partition coefficient (Wildman–Crippen LogP) is 2.06. The molecule has 0 bridgehead atoms. The molecular formula is C23H29N3O3. The van der Waals surface area contributed by atoms with Gasteiger partial charge in [0.25, 0.3) is 0 Å². The van der Waals surface area contributed by atoms with Crippen molar-refractivity contribution in [2.45, 2.75) is 19.5 Å². The Morgan fingerprint density at radius 2 is 1.90 bits per heavy atom. The lowest BCUT2D eigenvalue weighted by molar-refractivity contribution is -0.122. The predicted molar refractivity (Wildman–Crippen MR) is 112 cm³/mol. The first-order valence-corrected chi connectivity index (χ1v) is 10.3. The van der Waals surface area contributed by atoms with Gasteiger partial charge in [0, 0.05) is 51.3 Å². The molecule has 2 aromatic rings. The molecule has 6 heteroatoms. The van der Waals surface area contributed by atoms with Crippen LogP contribution in [-0.4, -0.2) is 62.1 Å². The van der Waals surface area contributed by atoms with Gasteiger partial charge in [-0.3, -0.25) is 14.6 Å². The van der Waals surface area contributed by atoms with Crippen LogP contribution in [0.4, 0.5) is 0 Å². The van der Waals surface area contributed by atoms with E-state index < -0.39 is 0 Å². The number of benzene rings is 2. The number of hydrogen-bond donors (Lipinski definition) is 1. The lowest BCUT2D eigenvalue weighted by Gasteiger charge is -2.34. The molecule has 0 spiro atoms. The van der Waals surface area contributed by atoms with Crippen molar-refractivity contribution >= 4 is 5.91 Å². The van der Waals surface area contributed by atoms with Crippen molar-refractivity contribution in [3.63, 3.8) is 0 Å². The van der Waals surface area contributed by atoms with Gasteiger partial charge in [0.1, 0.15) is 11.5 Å². The fourth-order valence-electron chi connectivity index (χ4n) is 4.00. The van der Waals surface area contributed by atoms with Crippen LogP contribution in [0.1, 0.15) is 16.7 Å². The molecule has 1 saturated heterocycles. The minimum Gasteiger partial charge on any atom is -0.496 e. The molecule has 2 aliphatic heterocycles. The van der Waals surface area contributed by atoms with Gasteiger partial charge in [0.2, 0.25) is 5.91 Å². The van der Waals surface area contributed by atoms with E-state index in [0.717, 1.165) is 62.8 Å². The van der Waals surface area contributed by atoms with E-state index in [1.165, 1.54) is 11.1 Å². The van der Waals surface area contributed by atoms with Crippen molar-refractivity contribution in [2.24, 2.45) is 0 Å².